The average molecular weight is 198 g/mol. The molecule has 0 aromatic heterocycles. The lowest BCUT2D eigenvalue weighted by Gasteiger charge is -2.32. The van der Waals surface area contributed by atoms with E-state index in [1.54, 1.807) is 0 Å². The normalized spacial score (nSPS) is 11.1. The van der Waals surface area contributed by atoms with Crippen LogP contribution in [-0.4, -0.2) is 11.6 Å². The average Bonchev–Trinajstić information content (AvgIpc) is 2.14. The molecule has 2 heteroatoms. The minimum Gasteiger partial charge on any atom is -0.455 e. The quantitative estimate of drug-likeness (QED) is 0.482. The third-order valence-electron chi connectivity index (χ3n) is 2.68. The Morgan fingerprint density at radius 1 is 1.29 bits per heavy atom. The van der Waals surface area contributed by atoms with Gasteiger partial charge >= 0.3 is 5.97 Å². The lowest BCUT2D eigenvalue weighted by molar-refractivity contribution is -0.156. The second kappa shape index (κ2) is 5.84. The summed E-state index contributed by atoms with van der Waals surface area (Å²) in [5, 5.41) is 0. The number of carbonyl (C=O) groups excluding carboxylic acids is 1. The van der Waals surface area contributed by atoms with Crippen LogP contribution >= 0.6 is 0 Å². The van der Waals surface area contributed by atoms with Crippen LogP contribution in [0.3, 0.4) is 0 Å². The van der Waals surface area contributed by atoms with Gasteiger partial charge in [0.15, 0.2) is 0 Å². The molecule has 0 aliphatic heterocycles. The lowest BCUT2D eigenvalue weighted by Crippen LogP contribution is -2.34. The largest absolute Gasteiger partial charge is 0.455 e. The van der Waals surface area contributed by atoms with Crippen molar-refractivity contribution in [2.24, 2.45) is 0 Å². The van der Waals surface area contributed by atoms with Gasteiger partial charge < -0.3 is 4.74 Å². The molecule has 0 heterocycles. The number of carbonyl (C=O) groups is 1. The van der Waals surface area contributed by atoms with Crippen molar-refractivity contribution in [2.75, 3.05) is 0 Å². The number of rotatable bonds is 6. The first-order valence-electron chi connectivity index (χ1n) is 5.40. The van der Waals surface area contributed by atoms with Crippen LogP contribution < -0.4 is 0 Å². The molecule has 0 N–H and O–H groups in total. The van der Waals surface area contributed by atoms with E-state index in [4.69, 9.17) is 4.74 Å². The molecule has 0 atom stereocenters. The van der Waals surface area contributed by atoms with E-state index in [0.717, 1.165) is 24.8 Å². The molecule has 0 radical (unpaired) electrons. The standard InChI is InChI=1S/C12H22O2/c1-6-9-11(13)14-12(7-2,8-3)10(4)5/h4,6-9H2,1-3,5H3. The molecule has 2 nitrogen and oxygen atoms in total. The topological polar surface area (TPSA) is 26.3 Å². The zero-order valence-electron chi connectivity index (χ0n) is 9.85. The summed E-state index contributed by atoms with van der Waals surface area (Å²) in [6.45, 7) is 11.9. The molecule has 0 aliphatic rings. The molecule has 0 fully saturated rings. The molecule has 0 spiro atoms. The highest BCUT2D eigenvalue weighted by Gasteiger charge is 2.30. The van der Waals surface area contributed by atoms with Crippen LogP contribution in [0, 0.1) is 0 Å². The van der Waals surface area contributed by atoms with E-state index in [1.807, 2.05) is 27.7 Å². The van der Waals surface area contributed by atoms with Crippen molar-refractivity contribution in [1.29, 1.82) is 0 Å². The maximum atomic E-state index is 11.4. The van der Waals surface area contributed by atoms with Crippen molar-refractivity contribution in [3.05, 3.63) is 12.2 Å². The molecule has 0 aromatic rings. The molecule has 0 saturated heterocycles. The highest BCUT2D eigenvalue weighted by Crippen LogP contribution is 2.28. The number of hydrogen-bond acceptors (Lipinski definition) is 2. The van der Waals surface area contributed by atoms with Crippen LogP contribution in [0.5, 0.6) is 0 Å². The second-order valence-corrected chi connectivity index (χ2v) is 3.71. The smallest absolute Gasteiger partial charge is 0.306 e. The van der Waals surface area contributed by atoms with Gasteiger partial charge in [0.25, 0.3) is 0 Å². The van der Waals surface area contributed by atoms with Crippen molar-refractivity contribution >= 4 is 5.97 Å². The lowest BCUT2D eigenvalue weighted by atomic mass is 9.90. The third-order valence-corrected chi connectivity index (χ3v) is 2.68. The van der Waals surface area contributed by atoms with E-state index in [2.05, 4.69) is 6.58 Å². The highest BCUT2D eigenvalue weighted by atomic mass is 16.6. The van der Waals surface area contributed by atoms with Gasteiger partial charge in [-0.15, -0.1) is 0 Å². The maximum Gasteiger partial charge on any atom is 0.306 e. The molecule has 0 amide bonds. The van der Waals surface area contributed by atoms with E-state index in [0.29, 0.717) is 6.42 Å². The van der Waals surface area contributed by atoms with Crippen molar-refractivity contribution in [3.8, 4) is 0 Å². The monoisotopic (exact) mass is 198 g/mol. The predicted octanol–water partition coefficient (Wildman–Crippen LogP) is 3.46. The van der Waals surface area contributed by atoms with Gasteiger partial charge in [0.05, 0.1) is 0 Å². The van der Waals surface area contributed by atoms with Crippen molar-refractivity contribution in [2.45, 2.75) is 59.0 Å². The molecule has 0 saturated carbocycles. The molecule has 14 heavy (non-hydrogen) atoms. The molecule has 82 valence electrons. The Kier molecular flexibility index (Phi) is 5.51. The fourth-order valence-electron chi connectivity index (χ4n) is 1.56. The summed E-state index contributed by atoms with van der Waals surface area (Å²) < 4.78 is 5.50. The van der Waals surface area contributed by atoms with E-state index < -0.39 is 5.60 Å². The summed E-state index contributed by atoms with van der Waals surface area (Å²) in [7, 11) is 0. The SMILES string of the molecule is C=C(C)C(CC)(CC)OC(=O)CCC. The van der Waals surface area contributed by atoms with Crippen LogP contribution in [0.15, 0.2) is 12.2 Å². The van der Waals surface area contributed by atoms with Crippen LogP contribution in [0.25, 0.3) is 0 Å². The summed E-state index contributed by atoms with van der Waals surface area (Å²) in [6.07, 6.45) is 2.93. The van der Waals surface area contributed by atoms with Gasteiger partial charge in [-0.3, -0.25) is 4.79 Å². The summed E-state index contributed by atoms with van der Waals surface area (Å²) in [6, 6.07) is 0. The number of esters is 1. The Hall–Kier alpha value is -0.790. The Labute approximate surface area is 87.3 Å². The van der Waals surface area contributed by atoms with E-state index in [1.165, 1.54) is 0 Å². The van der Waals surface area contributed by atoms with Crippen LogP contribution in [0.4, 0.5) is 0 Å². The maximum absolute atomic E-state index is 11.4. The van der Waals surface area contributed by atoms with Crippen molar-refractivity contribution in [3.63, 3.8) is 0 Å². The fourth-order valence-corrected chi connectivity index (χ4v) is 1.56. The van der Waals surface area contributed by atoms with E-state index in [9.17, 15) is 4.79 Å². The zero-order chi connectivity index (χ0) is 11.2. The van der Waals surface area contributed by atoms with Crippen molar-refractivity contribution in [1.82, 2.24) is 0 Å². The first-order valence-corrected chi connectivity index (χ1v) is 5.40. The molecular weight excluding hydrogens is 176 g/mol. The fraction of sp³-hybridized carbons (Fsp3) is 0.750. The number of hydrogen-bond donors (Lipinski definition) is 0. The first-order chi connectivity index (χ1) is 6.52. The van der Waals surface area contributed by atoms with Gasteiger partial charge in [-0.2, -0.15) is 0 Å². The van der Waals surface area contributed by atoms with Gasteiger partial charge in [-0.1, -0.05) is 27.4 Å². The van der Waals surface area contributed by atoms with Gasteiger partial charge in [-0.25, -0.2) is 0 Å². The summed E-state index contributed by atoms with van der Waals surface area (Å²) in [4.78, 5) is 11.4. The Morgan fingerprint density at radius 3 is 2.07 bits per heavy atom. The third kappa shape index (κ3) is 3.17. The number of ether oxygens (including phenoxy) is 1. The Bertz CT molecular complexity index is 202. The van der Waals surface area contributed by atoms with Crippen LogP contribution in [0.1, 0.15) is 53.4 Å². The van der Waals surface area contributed by atoms with E-state index >= 15 is 0 Å². The minimum absolute atomic E-state index is 0.112. The van der Waals surface area contributed by atoms with E-state index in [-0.39, 0.29) is 5.97 Å². The second-order valence-electron chi connectivity index (χ2n) is 3.71. The van der Waals surface area contributed by atoms with Gasteiger partial charge in [0.2, 0.25) is 0 Å². The summed E-state index contributed by atoms with van der Waals surface area (Å²) in [5.41, 5.74) is 0.499. The van der Waals surface area contributed by atoms with Crippen LogP contribution in [-0.2, 0) is 9.53 Å². The predicted molar refractivity (Wildman–Crippen MR) is 59.1 cm³/mol. The van der Waals surface area contributed by atoms with Crippen molar-refractivity contribution < 1.29 is 9.53 Å². The zero-order valence-corrected chi connectivity index (χ0v) is 9.85. The highest BCUT2D eigenvalue weighted by molar-refractivity contribution is 5.70. The summed E-state index contributed by atoms with van der Waals surface area (Å²) >= 11 is 0. The van der Waals surface area contributed by atoms with Gasteiger partial charge in [0.1, 0.15) is 5.60 Å². The van der Waals surface area contributed by atoms with Gasteiger partial charge in [-0.05, 0) is 31.8 Å². The molecule has 0 unspecified atom stereocenters. The Balaban J connectivity index is 4.51. The molecule has 0 rings (SSSR count). The molecule has 0 aliphatic carbocycles. The first kappa shape index (κ1) is 13.2. The molecule has 0 bridgehead atoms. The molecule has 0 aromatic carbocycles. The Morgan fingerprint density at radius 2 is 1.79 bits per heavy atom. The summed E-state index contributed by atoms with van der Waals surface area (Å²) in [5.74, 6) is -0.112. The molecular formula is C12H22O2. The minimum atomic E-state index is -0.438. The van der Waals surface area contributed by atoms with Gasteiger partial charge in [0, 0.05) is 6.42 Å². The van der Waals surface area contributed by atoms with Crippen LogP contribution in [0.2, 0.25) is 0 Å².